The van der Waals surface area contributed by atoms with Crippen LogP contribution in [0.1, 0.15) is 0 Å². The van der Waals surface area contributed by atoms with E-state index in [4.69, 9.17) is 9.97 Å². The Balaban J connectivity index is 1.15. The van der Waals surface area contributed by atoms with Crippen molar-refractivity contribution in [2.24, 2.45) is 14.1 Å². The fourth-order valence-electron chi connectivity index (χ4n) is 6.82. The second-order valence-electron chi connectivity index (χ2n) is 12.4. The van der Waals surface area contributed by atoms with Crippen molar-refractivity contribution in [2.75, 3.05) is 0 Å². The summed E-state index contributed by atoms with van der Waals surface area (Å²) in [5, 5.41) is 2.58. The first-order valence-corrected chi connectivity index (χ1v) is 17.1. The predicted molar refractivity (Wildman–Crippen MR) is 204 cm³/mol. The van der Waals surface area contributed by atoms with Crippen LogP contribution >= 0.6 is 11.3 Å². The van der Waals surface area contributed by atoms with E-state index in [-0.39, 0.29) is 5.69 Å². The van der Waals surface area contributed by atoms with Gasteiger partial charge in [0.05, 0.1) is 22.4 Å². The Bertz CT molecular complexity index is 2760. The molecule has 9 rings (SSSR count). The molecule has 49 heavy (non-hydrogen) atoms. The maximum Gasteiger partial charge on any atom is 0.328 e. The number of hydrogen-bond donors (Lipinski definition) is 0. The van der Waals surface area contributed by atoms with Gasteiger partial charge in [-0.1, -0.05) is 115 Å². The number of fused-ring (bicyclic) bond motifs is 4. The highest BCUT2D eigenvalue weighted by Crippen LogP contribution is 2.39. The molecule has 234 valence electrons. The fraction of sp³-hybridized carbons (Fsp3) is 0.0465. The van der Waals surface area contributed by atoms with E-state index in [2.05, 4.69) is 121 Å². The minimum Gasteiger partial charge on any atom is -0.295 e. The van der Waals surface area contributed by atoms with Gasteiger partial charge in [0.2, 0.25) is 0 Å². The van der Waals surface area contributed by atoms with Crippen LogP contribution in [0.3, 0.4) is 0 Å². The molecule has 0 saturated carbocycles. The zero-order valence-electron chi connectivity index (χ0n) is 27.0. The van der Waals surface area contributed by atoms with Crippen LogP contribution in [0.25, 0.3) is 87.4 Å². The molecule has 0 atom stereocenters. The smallest absolute Gasteiger partial charge is 0.295 e. The molecule has 0 spiro atoms. The molecule has 6 aromatic carbocycles. The SMILES string of the molecule is Cn1c(=O)n(C)c2cc(-c3ccc(-c4cc(-c5ccccc5-c5ccc6c(c5)sc5ccccc56)nc(-c5ccccc5)n4)cc3)ccc21. The van der Waals surface area contributed by atoms with Gasteiger partial charge >= 0.3 is 5.69 Å². The lowest BCUT2D eigenvalue weighted by Gasteiger charge is -2.13. The van der Waals surface area contributed by atoms with Gasteiger partial charge in [-0.25, -0.2) is 14.8 Å². The van der Waals surface area contributed by atoms with E-state index in [1.54, 1.807) is 16.2 Å². The van der Waals surface area contributed by atoms with Crippen molar-refractivity contribution in [3.63, 3.8) is 0 Å². The highest BCUT2D eigenvalue weighted by molar-refractivity contribution is 7.25. The van der Waals surface area contributed by atoms with Gasteiger partial charge in [-0.3, -0.25) is 9.13 Å². The third-order valence-corrected chi connectivity index (χ3v) is 10.6. The molecule has 3 heterocycles. The maximum absolute atomic E-state index is 12.5. The van der Waals surface area contributed by atoms with Crippen LogP contribution in [0.2, 0.25) is 0 Å². The molecule has 0 N–H and O–H groups in total. The van der Waals surface area contributed by atoms with Crippen molar-refractivity contribution in [2.45, 2.75) is 0 Å². The molecule has 3 aromatic heterocycles. The summed E-state index contributed by atoms with van der Waals surface area (Å²) in [6, 6.07) is 50.8. The summed E-state index contributed by atoms with van der Waals surface area (Å²) in [6.07, 6.45) is 0. The Hall–Kier alpha value is -6.11. The number of aromatic nitrogens is 4. The van der Waals surface area contributed by atoms with Crippen molar-refractivity contribution in [3.8, 4) is 56.2 Å². The molecule has 0 saturated heterocycles. The topological polar surface area (TPSA) is 52.7 Å². The second-order valence-corrected chi connectivity index (χ2v) is 13.4. The summed E-state index contributed by atoms with van der Waals surface area (Å²) in [5.41, 5.74) is 11.0. The van der Waals surface area contributed by atoms with Gasteiger partial charge in [0.1, 0.15) is 0 Å². The van der Waals surface area contributed by atoms with Crippen LogP contribution in [-0.4, -0.2) is 19.1 Å². The van der Waals surface area contributed by atoms with Gasteiger partial charge in [-0.15, -0.1) is 11.3 Å². The largest absolute Gasteiger partial charge is 0.328 e. The summed E-state index contributed by atoms with van der Waals surface area (Å²) >= 11 is 1.83. The highest BCUT2D eigenvalue weighted by atomic mass is 32.1. The Labute approximate surface area is 287 Å². The van der Waals surface area contributed by atoms with Gasteiger partial charge in [0.15, 0.2) is 5.82 Å². The Morgan fingerprint density at radius 3 is 1.94 bits per heavy atom. The number of aryl methyl sites for hydroxylation is 2. The van der Waals surface area contributed by atoms with Crippen LogP contribution in [0.4, 0.5) is 0 Å². The van der Waals surface area contributed by atoms with E-state index >= 15 is 0 Å². The van der Waals surface area contributed by atoms with E-state index in [9.17, 15) is 4.79 Å². The van der Waals surface area contributed by atoms with Gasteiger partial charge < -0.3 is 0 Å². The molecular weight excluding hydrogens is 621 g/mol. The number of imidazole rings is 1. The normalized spacial score (nSPS) is 11.6. The summed E-state index contributed by atoms with van der Waals surface area (Å²) < 4.78 is 5.95. The number of nitrogens with zero attached hydrogens (tertiary/aromatic N) is 4. The molecule has 0 aliphatic heterocycles. The van der Waals surface area contributed by atoms with Crippen molar-refractivity contribution in [1.29, 1.82) is 0 Å². The van der Waals surface area contributed by atoms with E-state index in [0.29, 0.717) is 5.82 Å². The summed E-state index contributed by atoms with van der Waals surface area (Å²) in [7, 11) is 3.62. The first-order chi connectivity index (χ1) is 24.0. The van der Waals surface area contributed by atoms with Crippen molar-refractivity contribution >= 4 is 42.5 Å². The highest BCUT2D eigenvalue weighted by Gasteiger charge is 2.16. The molecule has 9 aromatic rings. The molecule has 5 nitrogen and oxygen atoms in total. The molecule has 0 amide bonds. The maximum atomic E-state index is 12.5. The van der Waals surface area contributed by atoms with Crippen molar-refractivity contribution in [3.05, 3.63) is 156 Å². The number of benzene rings is 6. The second kappa shape index (κ2) is 11.5. The molecule has 0 unspecified atom stereocenters. The van der Waals surface area contributed by atoms with Crippen molar-refractivity contribution in [1.82, 2.24) is 19.1 Å². The summed E-state index contributed by atoms with van der Waals surface area (Å²) in [6.45, 7) is 0. The molecule has 0 bridgehead atoms. The van der Waals surface area contributed by atoms with Crippen LogP contribution in [-0.2, 0) is 14.1 Å². The third kappa shape index (κ3) is 4.96. The van der Waals surface area contributed by atoms with Crippen LogP contribution in [0.5, 0.6) is 0 Å². The molecule has 0 fully saturated rings. The summed E-state index contributed by atoms with van der Waals surface area (Å²) in [4.78, 5) is 22.7. The lowest BCUT2D eigenvalue weighted by molar-refractivity contribution is 0.795. The standard InChI is InChI=1S/C43H30N4OS/c1-46-38-23-21-30(24-39(38)47(2)43(46)48)27-16-18-28(19-17-27)36-26-37(45-42(44-36)29-10-4-3-5-11-29)33-13-7-6-12-32(33)31-20-22-35-34-14-8-9-15-40(34)49-41(35)25-31/h3-26H,1-2H3. The Kier molecular flexibility index (Phi) is 6.85. The van der Waals surface area contributed by atoms with E-state index < -0.39 is 0 Å². The van der Waals surface area contributed by atoms with Gasteiger partial charge in [-0.2, -0.15) is 0 Å². The zero-order chi connectivity index (χ0) is 33.1. The van der Waals surface area contributed by atoms with Gasteiger partial charge in [0.25, 0.3) is 0 Å². The minimum absolute atomic E-state index is 0.0292. The van der Waals surface area contributed by atoms with Gasteiger partial charge in [0, 0.05) is 51.0 Å². The number of thiophene rings is 1. The molecule has 0 aliphatic carbocycles. The Morgan fingerprint density at radius 2 is 1.10 bits per heavy atom. The van der Waals surface area contributed by atoms with Crippen molar-refractivity contribution < 1.29 is 0 Å². The van der Waals surface area contributed by atoms with E-state index in [1.807, 2.05) is 42.6 Å². The average molecular weight is 651 g/mol. The molecular formula is C43H30N4OS. The number of rotatable bonds is 5. The summed E-state index contributed by atoms with van der Waals surface area (Å²) in [5.74, 6) is 0.683. The fourth-order valence-corrected chi connectivity index (χ4v) is 7.97. The number of hydrogen-bond acceptors (Lipinski definition) is 4. The molecule has 6 heteroatoms. The van der Waals surface area contributed by atoms with Crippen LogP contribution in [0.15, 0.2) is 150 Å². The quantitative estimate of drug-likeness (QED) is 0.186. The zero-order valence-corrected chi connectivity index (χ0v) is 27.8. The van der Waals surface area contributed by atoms with E-state index in [1.165, 1.54) is 20.2 Å². The van der Waals surface area contributed by atoms with Crippen LogP contribution in [0, 0.1) is 0 Å². The van der Waals surface area contributed by atoms with E-state index in [0.717, 1.165) is 61.4 Å². The average Bonchev–Trinajstić information content (AvgIpc) is 3.64. The minimum atomic E-state index is -0.0292. The monoisotopic (exact) mass is 650 g/mol. The first-order valence-electron chi connectivity index (χ1n) is 16.2. The predicted octanol–water partition coefficient (Wildman–Crippen LogP) is 10.4. The first kappa shape index (κ1) is 29.1. The molecule has 0 radical (unpaired) electrons. The molecule has 0 aliphatic rings. The van der Waals surface area contributed by atoms with Crippen LogP contribution < -0.4 is 5.69 Å². The lowest BCUT2D eigenvalue weighted by atomic mass is 9.95. The Morgan fingerprint density at radius 1 is 0.469 bits per heavy atom. The van der Waals surface area contributed by atoms with Gasteiger partial charge in [-0.05, 0) is 52.6 Å². The third-order valence-electron chi connectivity index (χ3n) is 9.44. The lowest BCUT2D eigenvalue weighted by Crippen LogP contribution is -2.19.